The third kappa shape index (κ3) is 4.19. The molecule has 0 radical (unpaired) electrons. The van der Waals surface area contributed by atoms with Crippen molar-refractivity contribution in [2.45, 2.75) is 17.1 Å². The van der Waals surface area contributed by atoms with Crippen molar-refractivity contribution in [3.63, 3.8) is 0 Å². The number of benzene rings is 2. The van der Waals surface area contributed by atoms with Gasteiger partial charge in [-0.15, -0.1) is 11.8 Å². The number of carbonyl (C=O) groups is 1. The number of nitrogens with two attached hydrogens (primary N) is 1. The molecule has 1 amide bonds. The molecule has 0 saturated carbocycles. The summed E-state index contributed by atoms with van der Waals surface area (Å²) in [5.74, 6) is -2.06. The van der Waals surface area contributed by atoms with E-state index in [1.54, 1.807) is 31.2 Å². The summed E-state index contributed by atoms with van der Waals surface area (Å²) in [5.41, 5.74) is 6.80. The zero-order valence-corrected chi connectivity index (χ0v) is 12.1. The van der Waals surface area contributed by atoms with E-state index in [0.29, 0.717) is 16.3 Å². The van der Waals surface area contributed by atoms with Crippen LogP contribution in [0.1, 0.15) is 6.92 Å². The Hall–Kier alpha value is -2.08. The summed E-state index contributed by atoms with van der Waals surface area (Å²) in [4.78, 5) is 12.5. The largest absolute Gasteiger partial charge is 0.399 e. The summed E-state index contributed by atoms with van der Waals surface area (Å²) in [6.07, 6.45) is 0. The summed E-state index contributed by atoms with van der Waals surface area (Å²) in [6.45, 7) is 1.69. The van der Waals surface area contributed by atoms with Crippen LogP contribution in [0.2, 0.25) is 0 Å². The highest BCUT2D eigenvalue weighted by Crippen LogP contribution is 2.25. The normalized spacial score (nSPS) is 12.0. The Morgan fingerprint density at radius 3 is 2.43 bits per heavy atom. The van der Waals surface area contributed by atoms with Crippen molar-refractivity contribution in [1.82, 2.24) is 0 Å². The van der Waals surface area contributed by atoms with Crippen molar-refractivity contribution in [2.75, 3.05) is 11.1 Å². The number of anilines is 2. The first kappa shape index (κ1) is 15.3. The molecule has 0 aliphatic rings. The molecule has 0 aliphatic heterocycles. The quantitative estimate of drug-likeness (QED) is 0.669. The summed E-state index contributed by atoms with van der Waals surface area (Å²) in [5, 5.41) is 2.28. The summed E-state index contributed by atoms with van der Waals surface area (Å²) in [7, 11) is 0. The number of rotatable bonds is 4. The van der Waals surface area contributed by atoms with E-state index < -0.39 is 16.9 Å². The van der Waals surface area contributed by atoms with Crippen LogP contribution in [0.15, 0.2) is 47.4 Å². The molecule has 110 valence electrons. The summed E-state index contributed by atoms with van der Waals surface area (Å²) < 4.78 is 26.0. The van der Waals surface area contributed by atoms with E-state index in [9.17, 15) is 13.6 Å². The van der Waals surface area contributed by atoms with E-state index in [2.05, 4.69) is 5.32 Å². The van der Waals surface area contributed by atoms with Gasteiger partial charge in [0.25, 0.3) is 0 Å². The Morgan fingerprint density at radius 2 is 1.81 bits per heavy atom. The van der Waals surface area contributed by atoms with Crippen LogP contribution in [-0.4, -0.2) is 11.2 Å². The van der Waals surface area contributed by atoms with Gasteiger partial charge >= 0.3 is 0 Å². The Kier molecular flexibility index (Phi) is 4.80. The second-order valence-corrected chi connectivity index (χ2v) is 5.86. The van der Waals surface area contributed by atoms with Gasteiger partial charge in [0.15, 0.2) is 11.6 Å². The SMILES string of the molecule is CC(Sc1ccc(F)c(F)c1)C(=O)Nc1ccc(N)cc1. The highest BCUT2D eigenvalue weighted by Gasteiger charge is 2.15. The molecule has 0 bridgehead atoms. The van der Waals surface area contributed by atoms with E-state index >= 15 is 0 Å². The van der Waals surface area contributed by atoms with E-state index in [4.69, 9.17) is 5.73 Å². The molecule has 6 heteroatoms. The molecule has 3 nitrogen and oxygen atoms in total. The van der Waals surface area contributed by atoms with Crippen LogP contribution in [0.25, 0.3) is 0 Å². The molecule has 0 aliphatic carbocycles. The average Bonchev–Trinajstić information content (AvgIpc) is 2.45. The van der Waals surface area contributed by atoms with E-state index in [0.717, 1.165) is 23.9 Å². The maximum atomic E-state index is 13.1. The molecule has 0 spiro atoms. The Bertz CT molecular complexity index is 647. The molecule has 2 rings (SSSR count). The van der Waals surface area contributed by atoms with Gasteiger partial charge < -0.3 is 11.1 Å². The van der Waals surface area contributed by atoms with Gasteiger partial charge in [0.1, 0.15) is 0 Å². The number of thioether (sulfide) groups is 1. The molecule has 21 heavy (non-hydrogen) atoms. The highest BCUT2D eigenvalue weighted by atomic mass is 32.2. The van der Waals surface area contributed by atoms with Gasteiger partial charge in [0, 0.05) is 16.3 Å². The molecule has 2 aromatic carbocycles. The standard InChI is InChI=1S/C15H14F2N2OS/c1-9(21-12-6-7-13(16)14(17)8-12)15(20)19-11-4-2-10(18)3-5-11/h2-9H,18H2,1H3,(H,19,20). The van der Waals surface area contributed by atoms with Gasteiger partial charge in [-0.2, -0.15) is 0 Å². The van der Waals surface area contributed by atoms with E-state index in [1.807, 2.05) is 0 Å². The topological polar surface area (TPSA) is 55.1 Å². The molecule has 1 unspecified atom stereocenters. The number of nitrogens with one attached hydrogen (secondary N) is 1. The second kappa shape index (κ2) is 6.58. The van der Waals surface area contributed by atoms with Crippen LogP contribution in [-0.2, 0) is 4.79 Å². The minimum atomic E-state index is -0.925. The molecular weight excluding hydrogens is 294 g/mol. The van der Waals surface area contributed by atoms with Gasteiger partial charge in [0.2, 0.25) is 5.91 Å². The van der Waals surface area contributed by atoms with Gasteiger partial charge in [-0.3, -0.25) is 4.79 Å². The first-order valence-electron chi connectivity index (χ1n) is 6.24. The third-order valence-corrected chi connectivity index (χ3v) is 3.85. The van der Waals surface area contributed by atoms with Crippen LogP contribution in [0.3, 0.4) is 0 Å². The maximum Gasteiger partial charge on any atom is 0.237 e. The lowest BCUT2D eigenvalue weighted by Gasteiger charge is -2.12. The fourth-order valence-electron chi connectivity index (χ4n) is 1.62. The van der Waals surface area contributed by atoms with Crippen molar-refractivity contribution in [1.29, 1.82) is 0 Å². The lowest BCUT2D eigenvalue weighted by Crippen LogP contribution is -2.22. The maximum absolute atomic E-state index is 13.1. The number of carbonyl (C=O) groups excluding carboxylic acids is 1. The number of hydrogen-bond acceptors (Lipinski definition) is 3. The number of halogens is 2. The molecule has 0 aromatic heterocycles. The Morgan fingerprint density at radius 1 is 1.14 bits per heavy atom. The van der Waals surface area contributed by atoms with E-state index in [-0.39, 0.29) is 5.91 Å². The zero-order chi connectivity index (χ0) is 15.4. The molecule has 0 saturated heterocycles. The molecular formula is C15H14F2N2OS. The first-order valence-corrected chi connectivity index (χ1v) is 7.12. The minimum Gasteiger partial charge on any atom is -0.399 e. The van der Waals surface area contributed by atoms with Gasteiger partial charge in [-0.05, 0) is 49.4 Å². The molecule has 0 fully saturated rings. The minimum absolute atomic E-state index is 0.227. The molecule has 0 heterocycles. The molecule has 2 aromatic rings. The van der Waals surface area contributed by atoms with E-state index in [1.165, 1.54) is 6.07 Å². The van der Waals surface area contributed by atoms with Crippen molar-refractivity contribution in [3.8, 4) is 0 Å². The van der Waals surface area contributed by atoms with Crippen LogP contribution in [0.5, 0.6) is 0 Å². The lowest BCUT2D eigenvalue weighted by molar-refractivity contribution is -0.115. The molecule has 3 N–H and O–H groups in total. The Balaban J connectivity index is 1.98. The van der Waals surface area contributed by atoms with Crippen LogP contribution < -0.4 is 11.1 Å². The second-order valence-electron chi connectivity index (χ2n) is 4.45. The number of amides is 1. The number of nitrogen functional groups attached to an aromatic ring is 1. The predicted molar refractivity (Wildman–Crippen MR) is 81.2 cm³/mol. The van der Waals surface area contributed by atoms with Crippen molar-refractivity contribution < 1.29 is 13.6 Å². The lowest BCUT2D eigenvalue weighted by atomic mass is 10.3. The molecule has 1 atom stereocenters. The highest BCUT2D eigenvalue weighted by molar-refractivity contribution is 8.00. The Labute approximate surface area is 125 Å². The summed E-state index contributed by atoms with van der Waals surface area (Å²) >= 11 is 1.15. The van der Waals surface area contributed by atoms with Crippen molar-refractivity contribution in [3.05, 3.63) is 54.1 Å². The van der Waals surface area contributed by atoms with Gasteiger partial charge in [-0.25, -0.2) is 8.78 Å². The fraction of sp³-hybridized carbons (Fsp3) is 0.133. The van der Waals surface area contributed by atoms with Crippen LogP contribution in [0.4, 0.5) is 20.2 Å². The fourth-order valence-corrected chi connectivity index (χ4v) is 2.51. The van der Waals surface area contributed by atoms with Crippen LogP contribution >= 0.6 is 11.8 Å². The van der Waals surface area contributed by atoms with Gasteiger partial charge in [0.05, 0.1) is 5.25 Å². The van der Waals surface area contributed by atoms with Crippen molar-refractivity contribution >= 4 is 29.0 Å². The zero-order valence-electron chi connectivity index (χ0n) is 11.3. The average molecular weight is 308 g/mol. The van der Waals surface area contributed by atoms with Crippen molar-refractivity contribution in [2.24, 2.45) is 0 Å². The number of hydrogen-bond donors (Lipinski definition) is 2. The smallest absolute Gasteiger partial charge is 0.237 e. The third-order valence-electron chi connectivity index (χ3n) is 2.75. The van der Waals surface area contributed by atoms with Gasteiger partial charge in [-0.1, -0.05) is 0 Å². The monoisotopic (exact) mass is 308 g/mol. The van der Waals surface area contributed by atoms with Crippen LogP contribution in [0, 0.1) is 11.6 Å². The predicted octanol–water partition coefficient (Wildman–Crippen LogP) is 3.67. The summed E-state index contributed by atoms with van der Waals surface area (Å²) in [6, 6.07) is 10.3. The first-order chi connectivity index (χ1) is 9.95.